The van der Waals surface area contributed by atoms with Crippen LogP contribution >= 0.6 is 0 Å². The zero-order chi connectivity index (χ0) is 13.2. The van der Waals surface area contributed by atoms with Crippen molar-refractivity contribution in [1.82, 2.24) is 9.80 Å². The third-order valence-electron chi connectivity index (χ3n) is 5.15. The summed E-state index contributed by atoms with van der Waals surface area (Å²) in [6, 6.07) is 1.29. The second kappa shape index (κ2) is 5.80. The first-order valence-electron chi connectivity index (χ1n) is 7.86. The summed E-state index contributed by atoms with van der Waals surface area (Å²) in [4.78, 5) is 16.7. The van der Waals surface area contributed by atoms with E-state index in [0.717, 1.165) is 25.9 Å². The third kappa shape index (κ3) is 3.11. The van der Waals surface area contributed by atoms with E-state index in [1.54, 1.807) is 0 Å². The number of carbonyl (C=O) groups is 1. The monoisotopic (exact) mass is 266 g/mol. The molecule has 3 aliphatic heterocycles. The van der Waals surface area contributed by atoms with Crippen molar-refractivity contribution in [3.63, 3.8) is 0 Å². The highest BCUT2D eigenvalue weighted by Crippen LogP contribution is 2.35. The Bertz CT molecular complexity index is 314. The van der Waals surface area contributed by atoms with E-state index in [0.29, 0.717) is 18.6 Å². The quantitative estimate of drug-likeness (QED) is 0.727. The van der Waals surface area contributed by atoms with E-state index in [1.807, 2.05) is 0 Å². The van der Waals surface area contributed by atoms with Crippen molar-refractivity contribution in [2.75, 3.05) is 26.7 Å². The fourth-order valence-corrected chi connectivity index (χ4v) is 3.98. The average molecular weight is 266 g/mol. The lowest BCUT2D eigenvalue weighted by Crippen LogP contribution is -2.44. The molecule has 3 fully saturated rings. The number of hydrogen-bond acceptors (Lipinski definition) is 4. The van der Waals surface area contributed by atoms with Crippen LogP contribution in [0.2, 0.25) is 0 Å². The lowest BCUT2D eigenvalue weighted by atomic mass is 10.0. The Hall–Kier alpha value is -0.610. The van der Waals surface area contributed by atoms with Gasteiger partial charge in [-0.1, -0.05) is 6.42 Å². The molecule has 3 aliphatic rings. The molecule has 0 N–H and O–H groups in total. The Kier molecular flexibility index (Phi) is 4.08. The standard InChI is InChI=1S/C15H26N2O2/c1-16-12-5-6-13(16)10-14(9-12)19-15(18)11-17-7-3-2-4-8-17/h12-14H,2-11H2,1H3/t12-,13+,14?. The molecule has 3 atom stereocenters. The maximum absolute atomic E-state index is 12.0. The predicted molar refractivity (Wildman–Crippen MR) is 74.0 cm³/mol. The Labute approximate surface area is 116 Å². The summed E-state index contributed by atoms with van der Waals surface area (Å²) < 4.78 is 5.72. The van der Waals surface area contributed by atoms with Gasteiger partial charge < -0.3 is 9.64 Å². The molecule has 19 heavy (non-hydrogen) atoms. The van der Waals surface area contributed by atoms with Gasteiger partial charge in [-0.25, -0.2) is 0 Å². The molecule has 0 spiro atoms. The number of carbonyl (C=O) groups excluding carboxylic acids is 1. The number of ether oxygens (including phenoxy) is 1. The summed E-state index contributed by atoms with van der Waals surface area (Å²) in [5.74, 6) is -0.00384. The maximum atomic E-state index is 12.0. The summed E-state index contributed by atoms with van der Waals surface area (Å²) in [6.07, 6.45) is 8.58. The van der Waals surface area contributed by atoms with Crippen molar-refractivity contribution in [2.45, 2.75) is 63.1 Å². The molecule has 4 nitrogen and oxygen atoms in total. The Morgan fingerprint density at radius 3 is 2.37 bits per heavy atom. The van der Waals surface area contributed by atoms with E-state index in [2.05, 4.69) is 16.8 Å². The SMILES string of the molecule is CN1[C@@H]2CC[C@H]1CC(OC(=O)CN1CCCCC1)C2. The van der Waals surface area contributed by atoms with Gasteiger partial charge >= 0.3 is 5.97 Å². The van der Waals surface area contributed by atoms with Gasteiger partial charge in [0.1, 0.15) is 6.10 Å². The fraction of sp³-hybridized carbons (Fsp3) is 0.933. The lowest BCUT2D eigenvalue weighted by molar-refractivity contribution is -0.153. The molecule has 0 amide bonds. The molecule has 0 aliphatic carbocycles. The maximum Gasteiger partial charge on any atom is 0.320 e. The molecule has 3 rings (SSSR count). The highest BCUT2D eigenvalue weighted by Gasteiger charge is 2.39. The van der Waals surface area contributed by atoms with E-state index in [-0.39, 0.29) is 12.1 Å². The first-order chi connectivity index (χ1) is 9.22. The Balaban J connectivity index is 1.45. The number of fused-ring (bicyclic) bond motifs is 2. The molecule has 2 bridgehead atoms. The van der Waals surface area contributed by atoms with Crippen LogP contribution in [0.5, 0.6) is 0 Å². The van der Waals surface area contributed by atoms with Gasteiger partial charge in [0.15, 0.2) is 0 Å². The van der Waals surface area contributed by atoms with Crippen LogP contribution in [0.3, 0.4) is 0 Å². The third-order valence-corrected chi connectivity index (χ3v) is 5.15. The van der Waals surface area contributed by atoms with Gasteiger partial charge in [-0.15, -0.1) is 0 Å². The number of likely N-dealkylation sites (tertiary alicyclic amines) is 1. The molecule has 4 heteroatoms. The summed E-state index contributed by atoms with van der Waals surface area (Å²) in [5.41, 5.74) is 0. The Morgan fingerprint density at radius 2 is 1.74 bits per heavy atom. The van der Waals surface area contributed by atoms with Gasteiger partial charge in [0.25, 0.3) is 0 Å². The van der Waals surface area contributed by atoms with E-state index in [4.69, 9.17) is 4.74 Å². The largest absolute Gasteiger partial charge is 0.461 e. The van der Waals surface area contributed by atoms with Crippen molar-refractivity contribution < 1.29 is 9.53 Å². The number of esters is 1. The summed E-state index contributed by atoms with van der Waals surface area (Å²) in [5, 5.41) is 0. The van der Waals surface area contributed by atoms with Crippen LogP contribution in [0.4, 0.5) is 0 Å². The van der Waals surface area contributed by atoms with Crippen molar-refractivity contribution >= 4 is 5.97 Å². The molecule has 108 valence electrons. The summed E-state index contributed by atoms with van der Waals surface area (Å²) in [6.45, 7) is 2.63. The van der Waals surface area contributed by atoms with Crippen LogP contribution < -0.4 is 0 Å². The van der Waals surface area contributed by atoms with Crippen LogP contribution in [0, 0.1) is 0 Å². The minimum absolute atomic E-state index is 0.00384. The van der Waals surface area contributed by atoms with Crippen molar-refractivity contribution in [1.29, 1.82) is 0 Å². The molecule has 0 aromatic rings. The molecular formula is C15H26N2O2. The second-order valence-corrected chi connectivity index (χ2v) is 6.47. The molecule has 3 heterocycles. The van der Waals surface area contributed by atoms with Crippen molar-refractivity contribution in [2.24, 2.45) is 0 Å². The molecule has 0 aromatic heterocycles. The van der Waals surface area contributed by atoms with Gasteiger partial charge in [0.05, 0.1) is 6.54 Å². The molecule has 0 radical (unpaired) electrons. The highest BCUT2D eigenvalue weighted by molar-refractivity contribution is 5.71. The van der Waals surface area contributed by atoms with E-state index in [1.165, 1.54) is 32.1 Å². The Morgan fingerprint density at radius 1 is 1.11 bits per heavy atom. The second-order valence-electron chi connectivity index (χ2n) is 6.47. The van der Waals surface area contributed by atoms with Crippen LogP contribution in [-0.4, -0.2) is 60.6 Å². The van der Waals surface area contributed by atoms with E-state index >= 15 is 0 Å². The lowest BCUT2D eigenvalue weighted by Gasteiger charge is -2.36. The topological polar surface area (TPSA) is 32.8 Å². The van der Waals surface area contributed by atoms with Crippen LogP contribution in [0.15, 0.2) is 0 Å². The molecule has 3 saturated heterocycles. The molecule has 0 saturated carbocycles. The van der Waals surface area contributed by atoms with Gasteiger partial charge in [-0.05, 0) is 58.7 Å². The van der Waals surface area contributed by atoms with Crippen LogP contribution in [0.1, 0.15) is 44.9 Å². The highest BCUT2D eigenvalue weighted by atomic mass is 16.5. The number of hydrogen-bond donors (Lipinski definition) is 0. The van der Waals surface area contributed by atoms with E-state index < -0.39 is 0 Å². The summed E-state index contributed by atoms with van der Waals surface area (Å²) >= 11 is 0. The summed E-state index contributed by atoms with van der Waals surface area (Å²) in [7, 11) is 2.22. The average Bonchev–Trinajstić information content (AvgIpc) is 2.63. The molecular weight excluding hydrogens is 240 g/mol. The predicted octanol–water partition coefficient (Wildman–Crippen LogP) is 1.64. The van der Waals surface area contributed by atoms with E-state index in [9.17, 15) is 4.79 Å². The first-order valence-corrected chi connectivity index (χ1v) is 7.86. The number of rotatable bonds is 3. The first kappa shape index (κ1) is 13.4. The van der Waals surface area contributed by atoms with Gasteiger partial charge in [0.2, 0.25) is 0 Å². The smallest absolute Gasteiger partial charge is 0.320 e. The van der Waals surface area contributed by atoms with Gasteiger partial charge in [0, 0.05) is 12.1 Å². The fourth-order valence-electron chi connectivity index (χ4n) is 3.98. The molecule has 1 unspecified atom stereocenters. The van der Waals surface area contributed by atoms with Crippen molar-refractivity contribution in [3.05, 3.63) is 0 Å². The van der Waals surface area contributed by atoms with Crippen molar-refractivity contribution in [3.8, 4) is 0 Å². The molecule has 0 aromatic carbocycles. The zero-order valence-corrected chi connectivity index (χ0v) is 12.0. The zero-order valence-electron chi connectivity index (χ0n) is 12.0. The van der Waals surface area contributed by atoms with Crippen LogP contribution in [0.25, 0.3) is 0 Å². The minimum Gasteiger partial charge on any atom is -0.461 e. The van der Waals surface area contributed by atoms with Gasteiger partial charge in [-0.3, -0.25) is 9.69 Å². The van der Waals surface area contributed by atoms with Crippen LogP contribution in [-0.2, 0) is 9.53 Å². The minimum atomic E-state index is -0.00384. The number of piperidine rings is 2. The van der Waals surface area contributed by atoms with Gasteiger partial charge in [-0.2, -0.15) is 0 Å². The number of nitrogens with zero attached hydrogens (tertiary/aromatic N) is 2. The normalized spacial score (nSPS) is 36.4.